The molecule has 25 heavy (non-hydrogen) atoms. The van der Waals surface area contributed by atoms with Gasteiger partial charge in [-0.25, -0.2) is 4.98 Å². The number of hydrogen-bond acceptors (Lipinski definition) is 3. The first-order valence-corrected chi connectivity index (χ1v) is 9.32. The van der Waals surface area contributed by atoms with Crippen LogP contribution in [0, 0.1) is 11.3 Å². The summed E-state index contributed by atoms with van der Waals surface area (Å²) in [6.07, 6.45) is 5.28. The monoisotopic (exact) mass is 382 g/mol. The van der Waals surface area contributed by atoms with Gasteiger partial charge in [0.05, 0.1) is 11.1 Å². The van der Waals surface area contributed by atoms with Gasteiger partial charge in [0, 0.05) is 29.8 Å². The molecule has 1 aliphatic rings. The molecule has 3 nitrogen and oxygen atoms in total. The largest absolute Gasteiger partial charge is 0.388 e. The molecule has 1 aromatic rings. The van der Waals surface area contributed by atoms with Gasteiger partial charge >= 0.3 is 0 Å². The summed E-state index contributed by atoms with van der Waals surface area (Å²) in [7, 11) is 0. The SMILES string of the molecule is CC(C)(C)NCC1C=C(C(C)(C)C)C=C(c2cnc(Cl)c(Cl)c2)C1O. The van der Waals surface area contributed by atoms with Crippen molar-refractivity contribution < 1.29 is 5.11 Å². The number of nitrogens with one attached hydrogen (secondary N) is 1. The Hall–Kier alpha value is -0.870. The highest BCUT2D eigenvalue weighted by molar-refractivity contribution is 6.41. The molecule has 0 bridgehead atoms. The van der Waals surface area contributed by atoms with Crippen molar-refractivity contribution in [2.45, 2.75) is 53.2 Å². The molecule has 0 saturated heterocycles. The van der Waals surface area contributed by atoms with Crippen molar-refractivity contribution in [3.63, 3.8) is 0 Å². The van der Waals surface area contributed by atoms with Gasteiger partial charge in [-0.05, 0) is 43.4 Å². The molecule has 0 amide bonds. The Kier molecular flexibility index (Phi) is 6.05. The fourth-order valence-corrected chi connectivity index (χ4v) is 3.02. The van der Waals surface area contributed by atoms with E-state index in [0.717, 1.165) is 11.1 Å². The second kappa shape index (κ2) is 7.40. The van der Waals surface area contributed by atoms with Crippen molar-refractivity contribution in [2.24, 2.45) is 11.3 Å². The van der Waals surface area contributed by atoms with Gasteiger partial charge in [0.1, 0.15) is 5.15 Å². The van der Waals surface area contributed by atoms with E-state index in [2.05, 4.69) is 64.0 Å². The van der Waals surface area contributed by atoms with Crippen LogP contribution >= 0.6 is 23.2 Å². The molecule has 2 atom stereocenters. The molecule has 1 aliphatic carbocycles. The van der Waals surface area contributed by atoms with Gasteiger partial charge in [-0.15, -0.1) is 0 Å². The van der Waals surface area contributed by atoms with Gasteiger partial charge in [0.15, 0.2) is 0 Å². The van der Waals surface area contributed by atoms with E-state index in [9.17, 15) is 5.11 Å². The minimum atomic E-state index is -0.625. The molecule has 5 heteroatoms. The van der Waals surface area contributed by atoms with Crippen molar-refractivity contribution >= 4 is 28.8 Å². The van der Waals surface area contributed by atoms with Crippen LogP contribution < -0.4 is 5.32 Å². The zero-order valence-corrected chi connectivity index (χ0v) is 17.3. The van der Waals surface area contributed by atoms with Gasteiger partial charge in [0.2, 0.25) is 0 Å². The fourth-order valence-electron chi connectivity index (χ4n) is 2.75. The molecule has 1 heterocycles. The Morgan fingerprint density at radius 1 is 1.16 bits per heavy atom. The topological polar surface area (TPSA) is 45.2 Å². The maximum absolute atomic E-state index is 11.0. The minimum Gasteiger partial charge on any atom is -0.388 e. The standard InChI is InChI=1S/C20H28Cl2N2O/c1-19(2,3)14-7-13(11-24-20(4,5)6)17(25)15(9-14)12-8-16(21)18(22)23-10-12/h7-10,13,17,24-25H,11H2,1-6H3. The van der Waals surface area contributed by atoms with E-state index < -0.39 is 6.10 Å². The van der Waals surface area contributed by atoms with Crippen LogP contribution in [0.3, 0.4) is 0 Å². The number of hydrogen-bond donors (Lipinski definition) is 2. The predicted molar refractivity (Wildman–Crippen MR) is 107 cm³/mol. The fraction of sp³-hybridized carbons (Fsp3) is 0.550. The third-order valence-electron chi connectivity index (χ3n) is 4.29. The zero-order valence-electron chi connectivity index (χ0n) is 15.8. The molecule has 0 aliphatic heterocycles. The van der Waals surface area contributed by atoms with Crippen molar-refractivity contribution in [1.82, 2.24) is 10.3 Å². The first-order valence-electron chi connectivity index (χ1n) is 8.57. The molecule has 0 radical (unpaired) electrons. The average molecular weight is 383 g/mol. The van der Waals surface area contributed by atoms with E-state index in [1.807, 2.05) is 0 Å². The van der Waals surface area contributed by atoms with E-state index >= 15 is 0 Å². The lowest BCUT2D eigenvalue weighted by molar-refractivity contribution is 0.175. The number of halogens is 2. The van der Waals surface area contributed by atoms with E-state index in [1.54, 1.807) is 12.3 Å². The van der Waals surface area contributed by atoms with Gasteiger partial charge in [0.25, 0.3) is 0 Å². The number of pyridine rings is 1. The van der Waals surface area contributed by atoms with Crippen molar-refractivity contribution in [1.29, 1.82) is 0 Å². The Morgan fingerprint density at radius 3 is 2.32 bits per heavy atom. The molecule has 138 valence electrons. The van der Waals surface area contributed by atoms with Crippen LogP contribution in [0.5, 0.6) is 0 Å². The highest BCUT2D eigenvalue weighted by atomic mass is 35.5. The van der Waals surface area contributed by atoms with Crippen LogP contribution in [0.1, 0.15) is 47.1 Å². The summed E-state index contributed by atoms with van der Waals surface area (Å²) in [5.41, 5.74) is 2.80. The van der Waals surface area contributed by atoms with Crippen molar-refractivity contribution in [3.05, 3.63) is 45.7 Å². The summed E-state index contributed by atoms with van der Waals surface area (Å²) in [6, 6.07) is 1.77. The van der Waals surface area contributed by atoms with Crippen molar-refractivity contribution in [2.75, 3.05) is 6.54 Å². The van der Waals surface area contributed by atoms with Crippen LogP contribution in [0.2, 0.25) is 10.2 Å². The number of aromatic nitrogens is 1. The van der Waals surface area contributed by atoms with Crippen LogP contribution in [0.25, 0.3) is 5.57 Å². The van der Waals surface area contributed by atoms with E-state index in [-0.39, 0.29) is 22.0 Å². The predicted octanol–water partition coefficient (Wildman–Crippen LogP) is 5.12. The van der Waals surface area contributed by atoms with Crippen molar-refractivity contribution in [3.8, 4) is 0 Å². The number of allylic oxidation sites excluding steroid dienone is 2. The molecule has 2 N–H and O–H groups in total. The third kappa shape index (κ3) is 5.30. The molecule has 0 spiro atoms. The summed E-state index contributed by atoms with van der Waals surface area (Å²) in [6.45, 7) is 13.6. The zero-order chi connectivity index (χ0) is 19.0. The second-order valence-electron chi connectivity index (χ2n) is 8.71. The van der Waals surface area contributed by atoms with Crippen LogP contribution in [-0.2, 0) is 0 Å². The molecule has 2 unspecified atom stereocenters. The lowest BCUT2D eigenvalue weighted by atomic mass is 9.76. The maximum atomic E-state index is 11.0. The first kappa shape index (κ1) is 20.4. The minimum absolute atomic E-state index is 0.0120. The molecule has 2 rings (SSSR count). The summed E-state index contributed by atoms with van der Waals surface area (Å²) in [4.78, 5) is 4.13. The Morgan fingerprint density at radius 2 is 1.80 bits per heavy atom. The molecule has 0 saturated carbocycles. The number of aliphatic hydroxyl groups excluding tert-OH is 1. The number of aliphatic hydroxyl groups is 1. The summed E-state index contributed by atoms with van der Waals surface area (Å²) >= 11 is 12.1. The number of nitrogens with zero attached hydrogens (tertiary/aromatic N) is 1. The lowest BCUT2D eigenvalue weighted by Gasteiger charge is -2.34. The highest BCUT2D eigenvalue weighted by Crippen LogP contribution is 2.38. The van der Waals surface area contributed by atoms with Gasteiger partial charge in [-0.3, -0.25) is 0 Å². The molecule has 1 aromatic heterocycles. The Labute approximate surface area is 161 Å². The van der Waals surface area contributed by atoms with E-state index in [0.29, 0.717) is 11.6 Å². The normalized spacial score (nSPS) is 21.8. The van der Waals surface area contributed by atoms with Gasteiger partial charge in [-0.2, -0.15) is 0 Å². The molecule has 0 fully saturated rings. The quantitative estimate of drug-likeness (QED) is 0.712. The summed E-state index contributed by atoms with van der Waals surface area (Å²) < 4.78 is 0. The van der Waals surface area contributed by atoms with Crippen LogP contribution in [-0.4, -0.2) is 28.3 Å². The van der Waals surface area contributed by atoms with E-state index in [1.165, 1.54) is 5.57 Å². The highest BCUT2D eigenvalue weighted by Gasteiger charge is 2.31. The Bertz CT molecular complexity index is 697. The molecular formula is C20H28Cl2N2O. The summed E-state index contributed by atoms with van der Waals surface area (Å²) in [5, 5.41) is 15.1. The van der Waals surface area contributed by atoms with E-state index in [4.69, 9.17) is 23.2 Å². The van der Waals surface area contributed by atoms with Crippen LogP contribution in [0.15, 0.2) is 30.0 Å². The van der Waals surface area contributed by atoms with Gasteiger partial charge < -0.3 is 10.4 Å². The smallest absolute Gasteiger partial charge is 0.147 e. The third-order valence-corrected chi connectivity index (χ3v) is 4.98. The first-order chi connectivity index (χ1) is 11.4. The maximum Gasteiger partial charge on any atom is 0.147 e. The average Bonchev–Trinajstić information content (AvgIpc) is 2.47. The molecule has 0 aromatic carbocycles. The number of rotatable bonds is 3. The summed E-state index contributed by atoms with van der Waals surface area (Å²) in [5.74, 6) is -0.0251. The van der Waals surface area contributed by atoms with Gasteiger partial charge in [-0.1, -0.05) is 56.1 Å². The Balaban J connectivity index is 2.42. The van der Waals surface area contributed by atoms with Crippen LogP contribution in [0.4, 0.5) is 0 Å². The second-order valence-corrected chi connectivity index (χ2v) is 9.47. The lowest BCUT2D eigenvalue weighted by Crippen LogP contribution is -2.42. The molecular weight excluding hydrogens is 355 g/mol.